The molecule has 1 saturated heterocycles. The quantitative estimate of drug-likeness (QED) is 0.568. The Morgan fingerprint density at radius 2 is 2.25 bits per heavy atom. The topological polar surface area (TPSA) is 65.4 Å². The Labute approximate surface area is 176 Å². The standard InChI is InChI=1S/C20H29ClN6S/c1-5-22-19(24-11-15-13-28-18(25-15)20(2,3)4)26-14-8-10-27(12-14)17-16(21)7-6-9-23-17/h6-7,9,13-14H,5,8,10-12H2,1-4H3,(H2,22,24,26). The Hall–Kier alpha value is -1.86. The summed E-state index contributed by atoms with van der Waals surface area (Å²) in [5, 5.41) is 10.8. The van der Waals surface area contributed by atoms with Gasteiger partial charge in [0.1, 0.15) is 5.82 Å². The number of hydrogen-bond donors (Lipinski definition) is 2. The number of pyridine rings is 1. The van der Waals surface area contributed by atoms with Crippen molar-refractivity contribution >= 4 is 34.7 Å². The fourth-order valence-electron chi connectivity index (χ4n) is 3.08. The molecule has 0 spiro atoms. The third-order valence-corrected chi connectivity index (χ3v) is 6.12. The monoisotopic (exact) mass is 420 g/mol. The zero-order valence-electron chi connectivity index (χ0n) is 17.0. The molecule has 0 aromatic carbocycles. The van der Waals surface area contributed by atoms with Gasteiger partial charge in [0.15, 0.2) is 5.96 Å². The summed E-state index contributed by atoms with van der Waals surface area (Å²) in [7, 11) is 0. The number of hydrogen-bond acceptors (Lipinski definition) is 5. The predicted molar refractivity (Wildman–Crippen MR) is 119 cm³/mol. The second-order valence-electron chi connectivity index (χ2n) is 7.97. The molecule has 28 heavy (non-hydrogen) atoms. The first kappa shape index (κ1) is 20.9. The van der Waals surface area contributed by atoms with Crippen molar-refractivity contribution in [2.75, 3.05) is 24.5 Å². The molecule has 0 amide bonds. The molecule has 3 heterocycles. The fourth-order valence-corrected chi connectivity index (χ4v) is 4.22. The predicted octanol–water partition coefficient (Wildman–Crippen LogP) is 3.82. The van der Waals surface area contributed by atoms with Gasteiger partial charge in [-0.2, -0.15) is 0 Å². The van der Waals surface area contributed by atoms with E-state index in [1.807, 2.05) is 12.1 Å². The summed E-state index contributed by atoms with van der Waals surface area (Å²) in [6, 6.07) is 4.05. The fraction of sp³-hybridized carbons (Fsp3) is 0.550. The van der Waals surface area contributed by atoms with Gasteiger partial charge in [0.2, 0.25) is 0 Å². The Morgan fingerprint density at radius 1 is 1.43 bits per heavy atom. The summed E-state index contributed by atoms with van der Waals surface area (Å²) >= 11 is 8.00. The number of thiazole rings is 1. The molecule has 2 N–H and O–H groups in total. The highest BCUT2D eigenvalue weighted by atomic mass is 35.5. The molecule has 3 rings (SSSR count). The van der Waals surface area contributed by atoms with Gasteiger partial charge in [-0.1, -0.05) is 32.4 Å². The highest BCUT2D eigenvalue weighted by Gasteiger charge is 2.25. The number of nitrogens with zero attached hydrogens (tertiary/aromatic N) is 4. The van der Waals surface area contributed by atoms with Crippen LogP contribution >= 0.6 is 22.9 Å². The normalized spacial score (nSPS) is 17.8. The lowest BCUT2D eigenvalue weighted by Gasteiger charge is -2.20. The van der Waals surface area contributed by atoms with Gasteiger partial charge in [-0.3, -0.25) is 0 Å². The van der Waals surface area contributed by atoms with Crippen molar-refractivity contribution in [1.82, 2.24) is 20.6 Å². The first-order chi connectivity index (χ1) is 13.4. The molecule has 0 bridgehead atoms. The molecule has 2 aromatic rings. The minimum absolute atomic E-state index is 0.0788. The second kappa shape index (κ2) is 9.09. The van der Waals surface area contributed by atoms with E-state index < -0.39 is 0 Å². The number of nitrogens with one attached hydrogen (secondary N) is 2. The SMILES string of the molecule is CCNC(=NCc1csc(C(C)(C)C)n1)NC1CCN(c2ncccc2Cl)C1. The number of aliphatic imine (C=N–C) groups is 1. The number of anilines is 1. The van der Waals surface area contributed by atoms with E-state index in [4.69, 9.17) is 21.6 Å². The van der Waals surface area contributed by atoms with Gasteiger partial charge in [0, 0.05) is 42.7 Å². The van der Waals surface area contributed by atoms with Crippen molar-refractivity contribution in [3.8, 4) is 0 Å². The largest absolute Gasteiger partial charge is 0.357 e. The van der Waals surface area contributed by atoms with Crippen molar-refractivity contribution in [3.63, 3.8) is 0 Å². The van der Waals surface area contributed by atoms with E-state index in [1.165, 1.54) is 0 Å². The van der Waals surface area contributed by atoms with Crippen LogP contribution in [0.3, 0.4) is 0 Å². The van der Waals surface area contributed by atoms with Crippen LogP contribution in [0.1, 0.15) is 44.8 Å². The van der Waals surface area contributed by atoms with Crippen LogP contribution in [0.4, 0.5) is 5.82 Å². The first-order valence-electron chi connectivity index (χ1n) is 9.72. The molecule has 0 aliphatic carbocycles. The van der Waals surface area contributed by atoms with Crippen LogP contribution in [0.15, 0.2) is 28.7 Å². The number of aromatic nitrogens is 2. The zero-order valence-corrected chi connectivity index (χ0v) is 18.6. The zero-order chi connectivity index (χ0) is 20.1. The van der Waals surface area contributed by atoms with Crippen molar-refractivity contribution in [2.45, 2.75) is 52.1 Å². The van der Waals surface area contributed by atoms with Gasteiger partial charge < -0.3 is 15.5 Å². The number of halogens is 1. The third-order valence-electron chi connectivity index (χ3n) is 4.50. The molecule has 1 atom stereocenters. The highest BCUT2D eigenvalue weighted by Crippen LogP contribution is 2.26. The van der Waals surface area contributed by atoms with Gasteiger partial charge in [-0.25, -0.2) is 15.0 Å². The summed E-state index contributed by atoms with van der Waals surface area (Å²) < 4.78 is 0. The molecule has 8 heteroatoms. The van der Waals surface area contributed by atoms with Crippen molar-refractivity contribution in [2.24, 2.45) is 4.99 Å². The van der Waals surface area contributed by atoms with E-state index in [0.29, 0.717) is 17.6 Å². The lowest BCUT2D eigenvalue weighted by atomic mass is 9.98. The molecule has 0 radical (unpaired) electrons. The van der Waals surface area contributed by atoms with Crippen LogP contribution < -0.4 is 15.5 Å². The van der Waals surface area contributed by atoms with Gasteiger partial charge in [0.05, 0.1) is 22.3 Å². The van der Waals surface area contributed by atoms with Gasteiger partial charge >= 0.3 is 0 Å². The minimum atomic E-state index is 0.0788. The molecule has 1 fully saturated rings. The van der Waals surface area contributed by atoms with Crippen LogP contribution in [-0.2, 0) is 12.0 Å². The van der Waals surface area contributed by atoms with Gasteiger partial charge in [0.25, 0.3) is 0 Å². The Balaban J connectivity index is 1.61. The van der Waals surface area contributed by atoms with Crippen LogP contribution in [0.5, 0.6) is 0 Å². The van der Waals surface area contributed by atoms with Crippen LogP contribution in [0, 0.1) is 0 Å². The number of rotatable bonds is 5. The lowest BCUT2D eigenvalue weighted by Crippen LogP contribution is -2.44. The van der Waals surface area contributed by atoms with Crippen molar-refractivity contribution in [3.05, 3.63) is 39.4 Å². The van der Waals surface area contributed by atoms with E-state index in [0.717, 1.165) is 48.5 Å². The summed E-state index contributed by atoms with van der Waals surface area (Å²) in [6.07, 6.45) is 2.80. The Morgan fingerprint density at radius 3 is 2.93 bits per heavy atom. The molecule has 6 nitrogen and oxygen atoms in total. The van der Waals surface area contributed by atoms with E-state index in [1.54, 1.807) is 17.5 Å². The molecule has 152 valence electrons. The smallest absolute Gasteiger partial charge is 0.191 e. The Kier molecular flexibility index (Phi) is 6.78. The summed E-state index contributed by atoms with van der Waals surface area (Å²) in [6.45, 7) is 11.8. The van der Waals surface area contributed by atoms with Crippen LogP contribution in [0.2, 0.25) is 5.02 Å². The summed E-state index contributed by atoms with van der Waals surface area (Å²) in [5.74, 6) is 1.68. The van der Waals surface area contributed by atoms with Gasteiger partial charge in [-0.15, -0.1) is 11.3 Å². The maximum atomic E-state index is 6.29. The maximum absolute atomic E-state index is 6.29. The first-order valence-corrected chi connectivity index (χ1v) is 11.0. The second-order valence-corrected chi connectivity index (χ2v) is 9.24. The van der Waals surface area contributed by atoms with Crippen LogP contribution in [-0.4, -0.2) is 41.6 Å². The molecule has 2 aromatic heterocycles. The molecule has 1 unspecified atom stereocenters. The third kappa shape index (κ3) is 5.35. The van der Waals surface area contributed by atoms with Gasteiger partial charge in [-0.05, 0) is 25.5 Å². The molecule has 1 aliphatic rings. The number of guanidine groups is 1. The van der Waals surface area contributed by atoms with E-state index in [-0.39, 0.29) is 5.41 Å². The maximum Gasteiger partial charge on any atom is 0.191 e. The van der Waals surface area contributed by atoms with E-state index in [2.05, 4.69) is 53.6 Å². The molecular formula is C20H29ClN6S. The van der Waals surface area contributed by atoms with Crippen LogP contribution in [0.25, 0.3) is 0 Å². The average molecular weight is 421 g/mol. The lowest BCUT2D eigenvalue weighted by molar-refractivity contribution is 0.583. The van der Waals surface area contributed by atoms with Crippen molar-refractivity contribution in [1.29, 1.82) is 0 Å². The Bertz CT molecular complexity index is 813. The summed E-state index contributed by atoms with van der Waals surface area (Å²) in [4.78, 5) is 16.1. The van der Waals surface area contributed by atoms with E-state index in [9.17, 15) is 0 Å². The summed E-state index contributed by atoms with van der Waals surface area (Å²) in [5.41, 5.74) is 1.09. The van der Waals surface area contributed by atoms with E-state index >= 15 is 0 Å². The molecule has 1 aliphatic heterocycles. The van der Waals surface area contributed by atoms with Crippen molar-refractivity contribution < 1.29 is 0 Å². The minimum Gasteiger partial charge on any atom is -0.357 e. The molecular weight excluding hydrogens is 392 g/mol. The average Bonchev–Trinajstić information content (AvgIpc) is 3.29. The molecule has 0 saturated carbocycles. The highest BCUT2D eigenvalue weighted by molar-refractivity contribution is 7.09.